The zero-order valence-corrected chi connectivity index (χ0v) is 12.4. The molecule has 0 unspecified atom stereocenters. The summed E-state index contributed by atoms with van der Waals surface area (Å²) < 4.78 is 5.43. The molecule has 2 rings (SSSR count). The van der Waals surface area contributed by atoms with Gasteiger partial charge < -0.3 is 9.84 Å². The molecule has 110 valence electrons. The van der Waals surface area contributed by atoms with Crippen LogP contribution in [0.3, 0.4) is 0 Å². The highest BCUT2D eigenvalue weighted by Gasteiger charge is 2.17. The van der Waals surface area contributed by atoms with E-state index in [9.17, 15) is 14.9 Å². The molecule has 0 aliphatic carbocycles. The van der Waals surface area contributed by atoms with Gasteiger partial charge in [-0.05, 0) is 19.1 Å². The molecular formula is C13H10ClNO5S. The zero-order chi connectivity index (χ0) is 15.6. The van der Waals surface area contributed by atoms with E-state index in [4.69, 9.17) is 21.4 Å². The average molecular weight is 328 g/mol. The van der Waals surface area contributed by atoms with E-state index in [0.717, 1.165) is 16.2 Å². The first kappa shape index (κ1) is 15.3. The molecule has 0 atom stereocenters. The Morgan fingerprint density at radius 2 is 2.19 bits per heavy atom. The molecule has 0 saturated carbocycles. The predicted molar refractivity (Wildman–Crippen MR) is 78.5 cm³/mol. The number of aryl methyl sites for hydroxylation is 1. The maximum atomic E-state index is 10.9. The van der Waals surface area contributed by atoms with Gasteiger partial charge >= 0.3 is 11.7 Å². The Balaban J connectivity index is 2.22. The van der Waals surface area contributed by atoms with Gasteiger partial charge in [-0.2, -0.15) is 0 Å². The second-order valence-electron chi connectivity index (χ2n) is 4.16. The monoisotopic (exact) mass is 327 g/mol. The van der Waals surface area contributed by atoms with Crippen molar-refractivity contribution in [1.29, 1.82) is 0 Å². The van der Waals surface area contributed by atoms with E-state index < -0.39 is 10.9 Å². The minimum atomic E-state index is -1.01. The van der Waals surface area contributed by atoms with Crippen molar-refractivity contribution in [2.24, 2.45) is 0 Å². The molecule has 0 radical (unpaired) electrons. The van der Waals surface area contributed by atoms with E-state index in [2.05, 4.69) is 0 Å². The molecule has 21 heavy (non-hydrogen) atoms. The quantitative estimate of drug-likeness (QED) is 0.664. The number of carboxylic acids is 1. The van der Waals surface area contributed by atoms with Crippen molar-refractivity contribution < 1.29 is 19.6 Å². The number of carboxylic acid groups (broad SMARTS) is 1. The van der Waals surface area contributed by atoms with Crippen molar-refractivity contribution in [2.45, 2.75) is 13.5 Å². The number of rotatable bonds is 5. The van der Waals surface area contributed by atoms with Crippen molar-refractivity contribution >= 4 is 34.6 Å². The summed E-state index contributed by atoms with van der Waals surface area (Å²) in [5.74, 6) is -0.960. The van der Waals surface area contributed by atoms with Gasteiger partial charge in [0.15, 0.2) is 5.75 Å². The van der Waals surface area contributed by atoms with E-state index in [1.807, 2.05) is 0 Å². The Bertz CT molecular complexity index is 713. The van der Waals surface area contributed by atoms with Gasteiger partial charge in [0.1, 0.15) is 11.5 Å². The van der Waals surface area contributed by atoms with Crippen LogP contribution in [-0.4, -0.2) is 16.0 Å². The lowest BCUT2D eigenvalue weighted by molar-refractivity contribution is -0.385. The largest absolute Gasteiger partial charge is 0.482 e. The molecule has 1 aromatic heterocycles. The van der Waals surface area contributed by atoms with Crippen molar-refractivity contribution in [3.05, 3.63) is 54.7 Å². The van der Waals surface area contributed by atoms with Crippen LogP contribution in [0.2, 0.25) is 5.02 Å². The Labute approximate surface area is 128 Å². The highest BCUT2D eigenvalue weighted by atomic mass is 35.5. The number of halogens is 1. The summed E-state index contributed by atoms with van der Waals surface area (Å²) in [7, 11) is 0. The van der Waals surface area contributed by atoms with E-state index >= 15 is 0 Å². The number of hydrogen-bond donors (Lipinski definition) is 1. The van der Waals surface area contributed by atoms with Gasteiger partial charge in [-0.1, -0.05) is 11.6 Å². The fourth-order valence-corrected chi connectivity index (χ4v) is 2.71. The number of carbonyl (C=O) groups is 1. The number of thiophene rings is 1. The number of nitro benzene ring substituents is 1. The van der Waals surface area contributed by atoms with E-state index in [1.165, 1.54) is 24.3 Å². The van der Waals surface area contributed by atoms with E-state index in [1.54, 1.807) is 6.92 Å². The highest BCUT2D eigenvalue weighted by molar-refractivity contribution is 7.14. The van der Waals surface area contributed by atoms with E-state index in [-0.39, 0.29) is 22.9 Å². The molecule has 1 N–H and O–H groups in total. The van der Waals surface area contributed by atoms with Gasteiger partial charge in [-0.15, -0.1) is 11.3 Å². The van der Waals surface area contributed by atoms with Crippen LogP contribution in [0.4, 0.5) is 5.69 Å². The molecule has 0 aliphatic heterocycles. The van der Waals surface area contributed by atoms with Crippen LogP contribution in [0.25, 0.3) is 0 Å². The maximum Gasteiger partial charge on any atom is 0.345 e. The number of aromatic carboxylic acids is 1. The topological polar surface area (TPSA) is 89.7 Å². The Morgan fingerprint density at radius 3 is 2.76 bits per heavy atom. The fourth-order valence-electron chi connectivity index (χ4n) is 1.68. The predicted octanol–water partition coefficient (Wildman–Crippen LogP) is 3.90. The normalized spacial score (nSPS) is 10.4. The summed E-state index contributed by atoms with van der Waals surface area (Å²) in [4.78, 5) is 22.2. The third-order valence-electron chi connectivity index (χ3n) is 2.73. The van der Waals surface area contributed by atoms with Crippen molar-refractivity contribution in [1.82, 2.24) is 0 Å². The lowest BCUT2D eigenvalue weighted by Gasteiger charge is -2.06. The van der Waals surface area contributed by atoms with Gasteiger partial charge in [0, 0.05) is 27.6 Å². The van der Waals surface area contributed by atoms with Crippen LogP contribution >= 0.6 is 22.9 Å². The molecule has 1 heterocycles. The number of benzene rings is 1. The van der Waals surface area contributed by atoms with Gasteiger partial charge in [-0.3, -0.25) is 10.1 Å². The average Bonchev–Trinajstić information content (AvgIpc) is 2.77. The molecule has 1 aromatic carbocycles. The third-order valence-corrected chi connectivity index (χ3v) is 4.05. The summed E-state index contributed by atoms with van der Waals surface area (Å²) in [6, 6.07) is 5.53. The Kier molecular flexibility index (Phi) is 4.44. The summed E-state index contributed by atoms with van der Waals surface area (Å²) in [5.41, 5.74) is 0.484. The molecule has 0 aliphatic rings. The number of ether oxygens (including phenoxy) is 1. The molecular weight excluding hydrogens is 318 g/mol. The number of hydrogen-bond acceptors (Lipinski definition) is 5. The molecule has 2 aromatic rings. The standard InChI is InChI=1S/C13H10ClNO5S/c1-7-8(4-12(21-7)13(16)17)6-20-11-5-9(14)2-3-10(11)15(18)19/h2-5H,6H2,1H3,(H,16,17). The zero-order valence-electron chi connectivity index (χ0n) is 10.8. The van der Waals surface area contributed by atoms with Crippen LogP contribution in [0.15, 0.2) is 24.3 Å². The molecule has 0 amide bonds. The molecule has 0 spiro atoms. The lowest BCUT2D eigenvalue weighted by atomic mass is 10.2. The van der Waals surface area contributed by atoms with Crippen molar-refractivity contribution in [3.8, 4) is 5.75 Å². The molecule has 8 heteroatoms. The van der Waals surface area contributed by atoms with Crippen LogP contribution in [0, 0.1) is 17.0 Å². The van der Waals surface area contributed by atoms with Crippen LogP contribution in [-0.2, 0) is 6.61 Å². The smallest absolute Gasteiger partial charge is 0.345 e. The summed E-state index contributed by atoms with van der Waals surface area (Å²) in [6.45, 7) is 1.80. The molecule has 0 fully saturated rings. The highest BCUT2D eigenvalue weighted by Crippen LogP contribution is 2.31. The number of nitrogens with zero attached hydrogens (tertiary/aromatic N) is 1. The Hall–Kier alpha value is -2.12. The van der Waals surface area contributed by atoms with E-state index in [0.29, 0.717) is 10.6 Å². The lowest BCUT2D eigenvalue weighted by Crippen LogP contribution is -1.99. The van der Waals surface area contributed by atoms with Crippen LogP contribution in [0.5, 0.6) is 5.75 Å². The second-order valence-corrected chi connectivity index (χ2v) is 5.85. The first-order chi connectivity index (χ1) is 9.88. The summed E-state index contributed by atoms with van der Waals surface area (Å²) >= 11 is 6.93. The summed E-state index contributed by atoms with van der Waals surface area (Å²) in [6.07, 6.45) is 0. The summed E-state index contributed by atoms with van der Waals surface area (Å²) in [5, 5.41) is 20.2. The first-order valence-corrected chi connectivity index (χ1v) is 6.97. The first-order valence-electron chi connectivity index (χ1n) is 5.78. The maximum absolute atomic E-state index is 10.9. The van der Waals surface area contributed by atoms with Gasteiger partial charge in [0.05, 0.1) is 4.92 Å². The van der Waals surface area contributed by atoms with Gasteiger partial charge in [0.2, 0.25) is 0 Å². The van der Waals surface area contributed by atoms with Crippen LogP contribution < -0.4 is 4.74 Å². The van der Waals surface area contributed by atoms with Crippen molar-refractivity contribution in [3.63, 3.8) is 0 Å². The SMILES string of the molecule is Cc1sc(C(=O)O)cc1COc1cc(Cl)ccc1[N+](=O)[O-]. The Morgan fingerprint density at radius 1 is 1.48 bits per heavy atom. The molecule has 6 nitrogen and oxygen atoms in total. The minimum Gasteiger partial charge on any atom is -0.482 e. The minimum absolute atomic E-state index is 0.0385. The fraction of sp³-hybridized carbons (Fsp3) is 0.154. The van der Waals surface area contributed by atoms with Crippen molar-refractivity contribution in [2.75, 3.05) is 0 Å². The number of nitro groups is 1. The molecule has 0 bridgehead atoms. The third kappa shape index (κ3) is 3.50. The van der Waals surface area contributed by atoms with Gasteiger partial charge in [0.25, 0.3) is 0 Å². The molecule has 0 saturated heterocycles. The second kappa shape index (κ2) is 6.11. The van der Waals surface area contributed by atoms with Gasteiger partial charge in [-0.25, -0.2) is 4.79 Å². The van der Waals surface area contributed by atoms with Crippen LogP contribution in [0.1, 0.15) is 20.1 Å².